The molecule has 1 saturated heterocycles. The third-order valence-corrected chi connectivity index (χ3v) is 2.69. The van der Waals surface area contributed by atoms with E-state index in [2.05, 4.69) is 25.2 Å². The Balaban J connectivity index is 2.23. The minimum atomic E-state index is 0.160. The zero-order chi connectivity index (χ0) is 12.4. The molecule has 0 bridgehead atoms. The number of aromatic nitrogens is 3. The molecule has 6 nitrogen and oxygen atoms in total. The minimum absolute atomic E-state index is 0.160. The maximum absolute atomic E-state index is 5.86. The molecule has 2 unspecified atom stereocenters. The molecule has 94 valence electrons. The predicted octanol–water partition coefficient (Wildman–Crippen LogP) is 1.18. The average Bonchev–Trinajstić information content (AvgIpc) is 2.26. The number of ether oxygens (including phenoxy) is 1. The van der Waals surface area contributed by atoms with E-state index in [-0.39, 0.29) is 17.5 Å². The van der Waals surface area contributed by atoms with Gasteiger partial charge in [0.1, 0.15) is 0 Å². The number of hydrogen-bond donors (Lipinski definition) is 1. The highest BCUT2D eigenvalue weighted by Gasteiger charge is 2.24. The lowest BCUT2D eigenvalue weighted by atomic mass is 10.2. The van der Waals surface area contributed by atoms with Gasteiger partial charge in [-0.25, -0.2) is 0 Å². The van der Waals surface area contributed by atoms with E-state index in [9.17, 15) is 0 Å². The van der Waals surface area contributed by atoms with Crippen LogP contribution < -0.4 is 10.2 Å². The van der Waals surface area contributed by atoms with Gasteiger partial charge in [-0.3, -0.25) is 0 Å². The van der Waals surface area contributed by atoms with Gasteiger partial charge in [-0.15, -0.1) is 0 Å². The van der Waals surface area contributed by atoms with Gasteiger partial charge in [0.25, 0.3) is 0 Å². The fourth-order valence-electron chi connectivity index (χ4n) is 1.93. The summed E-state index contributed by atoms with van der Waals surface area (Å²) in [6.45, 7) is 5.58. The van der Waals surface area contributed by atoms with Crippen molar-refractivity contribution in [3.05, 3.63) is 5.28 Å². The summed E-state index contributed by atoms with van der Waals surface area (Å²) in [6, 6.07) is 0. The van der Waals surface area contributed by atoms with Crippen molar-refractivity contribution >= 4 is 23.5 Å². The second-order valence-corrected chi connectivity index (χ2v) is 4.48. The van der Waals surface area contributed by atoms with Gasteiger partial charge in [-0.05, 0) is 25.4 Å². The van der Waals surface area contributed by atoms with Crippen LogP contribution in [0.5, 0.6) is 0 Å². The van der Waals surface area contributed by atoms with Gasteiger partial charge in [-0.1, -0.05) is 0 Å². The molecule has 0 aromatic carbocycles. The molecule has 1 aliphatic rings. The topological polar surface area (TPSA) is 63.2 Å². The van der Waals surface area contributed by atoms with Gasteiger partial charge in [-0.2, -0.15) is 15.0 Å². The number of morpholine rings is 1. The quantitative estimate of drug-likeness (QED) is 0.859. The van der Waals surface area contributed by atoms with E-state index < -0.39 is 0 Å². The summed E-state index contributed by atoms with van der Waals surface area (Å²) >= 11 is 5.86. The highest BCUT2D eigenvalue weighted by molar-refractivity contribution is 6.28. The van der Waals surface area contributed by atoms with Crippen LogP contribution in [0.3, 0.4) is 0 Å². The Morgan fingerprint density at radius 3 is 2.47 bits per heavy atom. The maximum atomic E-state index is 5.86. The average molecular weight is 258 g/mol. The molecule has 0 radical (unpaired) electrons. The summed E-state index contributed by atoms with van der Waals surface area (Å²) in [5.41, 5.74) is 0. The van der Waals surface area contributed by atoms with Gasteiger partial charge in [0.05, 0.1) is 12.2 Å². The van der Waals surface area contributed by atoms with Crippen LogP contribution in [0.15, 0.2) is 0 Å². The molecule has 1 aliphatic heterocycles. The molecule has 1 aromatic rings. The second kappa shape index (κ2) is 5.01. The van der Waals surface area contributed by atoms with Crippen molar-refractivity contribution in [1.29, 1.82) is 0 Å². The van der Waals surface area contributed by atoms with Crippen LogP contribution in [0.25, 0.3) is 0 Å². The highest BCUT2D eigenvalue weighted by Crippen LogP contribution is 2.18. The molecule has 2 atom stereocenters. The molecule has 7 heteroatoms. The normalized spacial score (nSPS) is 24.8. The molecule has 17 heavy (non-hydrogen) atoms. The van der Waals surface area contributed by atoms with Gasteiger partial charge >= 0.3 is 0 Å². The van der Waals surface area contributed by atoms with Crippen LogP contribution in [-0.2, 0) is 4.74 Å². The lowest BCUT2D eigenvalue weighted by Crippen LogP contribution is -2.46. The Labute approximate surface area is 105 Å². The van der Waals surface area contributed by atoms with Crippen LogP contribution in [0.4, 0.5) is 11.9 Å². The molecule has 1 N–H and O–H groups in total. The van der Waals surface area contributed by atoms with Crippen LogP contribution >= 0.6 is 11.6 Å². The number of anilines is 2. The molecule has 2 rings (SSSR count). The van der Waals surface area contributed by atoms with Crippen LogP contribution in [-0.4, -0.2) is 47.3 Å². The number of nitrogens with zero attached hydrogens (tertiary/aromatic N) is 4. The van der Waals surface area contributed by atoms with E-state index in [1.54, 1.807) is 7.05 Å². The fraction of sp³-hybridized carbons (Fsp3) is 0.700. The standard InChI is InChI=1S/C10H16ClN5O/c1-6-4-16(5-7(2)17-6)10-14-8(11)13-9(12-3)15-10/h6-7H,4-5H2,1-3H3,(H,12,13,14,15). The molecule has 0 amide bonds. The summed E-state index contributed by atoms with van der Waals surface area (Å²) in [7, 11) is 1.75. The van der Waals surface area contributed by atoms with E-state index in [1.807, 2.05) is 13.8 Å². The SMILES string of the molecule is CNc1nc(Cl)nc(N2CC(C)OC(C)C2)n1. The molecule has 0 saturated carbocycles. The zero-order valence-corrected chi connectivity index (χ0v) is 10.9. The van der Waals surface area contributed by atoms with Crippen molar-refractivity contribution in [1.82, 2.24) is 15.0 Å². The van der Waals surface area contributed by atoms with Crippen molar-refractivity contribution < 1.29 is 4.74 Å². The Bertz CT molecular complexity index is 392. The number of hydrogen-bond acceptors (Lipinski definition) is 6. The van der Waals surface area contributed by atoms with Gasteiger partial charge < -0.3 is 15.0 Å². The Kier molecular flexibility index (Phi) is 3.63. The van der Waals surface area contributed by atoms with E-state index in [4.69, 9.17) is 16.3 Å². The maximum Gasteiger partial charge on any atom is 0.231 e. The zero-order valence-electron chi connectivity index (χ0n) is 10.1. The monoisotopic (exact) mass is 257 g/mol. The van der Waals surface area contributed by atoms with E-state index in [0.29, 0.717) is 11.9 Å². The first kappa shape index (κ1) is 12.3. The van der Waals surface area contributed by atoms with Crippen LogP contribution in [0.2, 0.25) is 5.28 Å². The largest absolute Gasteiger partial charge is 0.372 e. The molecular formula is C10H16ClN5O. The molecule has 0 spiro atoms. The Morgan fingerprint density at radius 2 is 1.88 bits per heavy atom. The number of nitrogens with one attached hydrogen (secondary N) is 1. The van der Waals surface area contributed by atoms with Gasteiger partial charge in [0, 0.05) is 20.1 Å². The first-order valence-electron chi connectivity index (χ1n) is 5.58. The molecule has 1 aromatic heterocycles. The fourth-order valence-corrected chi connectivity index (χ4v) is 2.09. The predicted molar refractivity (Wildman–Crippen MR) is 66.6 cm³/mol. The van der Waals surface area contributed by atoms with Crippen molar-refractivity contribution in [3.63, 3.8) is 0 Å². The minimum Gasteiger partial charge on any atom is -0.372 e. The first-order valence-corrected chi connectivity index (χ1v) is 5.96. The number of halogens is 1. The van der Waals surface area contributed by atoms with E-state index in [0.717, 1.165) is 13.1 Å². The lowest BCUT2D eigenvalue weighted by Gasteiger charge is -2.35. The van der Waals surface area contributed by atoms with Gasteiger partial charge in [0.15, 0.2) is 0 Å². The highest BCUT2D eigenvalue weighted by atomic mass is 35.5. The second-order valence-electron chi connectivity index (χ2n) is 4.14. The van der Waals surface area contributed by atoms with Crippen molar-refractivity contribution in [2.24, 2.45) is 0 Å². The lowest BCUT2D eigenvalue weighted by molar-refractivity contribution is -0.00572. The van der Waals surface area contributed by atoms with Crippen molar-refractivity contribution in [2.75, 3.05) is 30.4 Å². The molecule has 1 fully saturated rings. The van der Waals surface area contributed by atoms with Crippen molar-refractivity contribution in [2.45, 2.75) is 26.1 Å². The summed E-state index contributed by atoms with van der Waals surface area (Å²) in [5, 5.41) is 3.07. The van der Waals surface area contributed by atoms with E-state index in [1.165, 1.54) is 0 Å². The summed E-state index contributed by atoms with van der Waals surface area (Å²) in [5.74, 6) is 1.07. The number of rotatable bonds is 2. The molecule has 0 aliphatic carbocycles. The summed E-state index contributed by atoms with van der Waals surface area (Å²) in [4.78, 5) is 14.5. The summed E-state index contributed by atoms with van der Waals surface area (Å²) in [6.07, 6.45) is 0.319. The van der Waals surface area contributed by atoms with Crippen LogP contribution in [0.1, 0.15) is 13.8 Å². The molecule has 2 heterocycles. The molecular weight excluding hydrogens is 242 g/mol. The van der Waals surface area contributed by atoms with Crippen LogP contribution in [0, 0.1) is 0 Å². The third kappa shape index (κ3) is 2.95. The third-order valence-electron chi connectivity index (χ3n) is 2.52. The first-order chi connectivity index (χ1) is 8.08. The smallest absolute Gasteiger partial charge is 0.231 e. The Morgan fingerprint density at radius 1 is 1.24 bits per heavy atom. The van der Waals surface area contributed by atoms with Gasteiger partial charge in [0.2, 0.25) is 17.2 Å². The van der Waals surface area contributed by atoms with E-state index >= 15 is 0 Å². The van der Waals surface area contributed by atoms with Crippen molar-refractivity contribution in [3.8, 4) is 0 Å². The summed E-state index contributed by atoms with van der Waals surface area (Å²) < 4.78 is 5.66. The Hall–Kier alpha value is -1.14.